The van der Waals surface area contributed by atoms with Crippen LogP contribution < -0.4 is 10.6 Å². The van der Waals surface area contributed by atoms with E-state index in [1.807, 2.05) is 63.2 Å². The summed E-state index contributed by atoms with van der Waals surface area (Å²) in [6.45, 7) is 5.86. The van der Waals surface area contributed by atoms with Gasteiger partial charge >= 0.3 is 5.97 Å². The first kappa shape index (κ1) is 23.1. The summed E-state index contributed by atoms with van der Waals surface area (Å²) in [6, 6.07) is 15.0. The summed E-state index contributed by atoms with van der Waals surface area (Å²) in [4.78, 5) is 37.9. The number of carbonyl (C=O) groups is 3. The topological polar surface area (TPSA) is 84.5 Å². The largest absolute Gasteiger partial charge is 0.467 e. The molecule has 160 valence electrons. The van der Waals surface area contributed by atoms with Crippen LogP contribution in [0.3, 0.4) is 0 Å². The van der Waals surface area contributed by atoms with Crippen LogP contribution in [0, 0.1) is 12.8 Å². The molecule has 2 amide bonds. The predicted molar refractivity (Wildman–Crippen MR) is 116 cm³/mol. The average Bonchev–Trinajstić information content (AvgIpc) is 2.73. The van der Waals surface area contributed by atoms with Crippen molar-refractivity contribution in [1.82, 2.24) is 10.6 Å². The molecule has 6 heteroatoms. The smallest absolute Gasteiger partial charge is 0.328 e. The fourth-order valence-corrected chi connectivity index (χ4v) is 3.11. The number of methoxy groups -OCH3 is 1. The summed E-state index contributed by atoms with van der Waals surface area (Å²) in [6.07, 6.45) is 0.752. The zero-order valence-corrected chi connectivity index (χ0v) is 18.0. The van der Waals surface area contributed by atoms with Gasteiger partial charge in [0.1, 0.15) is 12.1 Å². The van der Waals surface area contributed by atoms with Gasteiger partial charge in [0.05, 0.1) is 7.11 Å². The Morgan fingerprint density at radius 2 is 1.53 bits per heavy atom. The van der Waals surface area contributed by atoms with Crippen LogP contribution in [-0.4, -0.2) is 37.0 Å². The highest BCUT2D eigenvalue weighted by atomic mass is 16.5. The van der Waals surface area contributed by atoms with Crippen LogP contribution >= 0.6 is 0 Å². The molecule has 0 aromatic heterocycles. The lowest BCUT2D eigenvalue weighted by molar-refractivity contribution is -0.145. The number of hydrogen-bond donors (Lipinski definition) is 2. The number of carbonyl (C=O) groups excluding carboxylic acids is 3. The first-order valence-electron chi connectivity index (χ1n) is 10.1. The molecular weight excluding hydrogens is 380 g/mol. The van der Waals surface area contributed by atoms with Crippen molar-refractivity contribution in [1.29, 1.82) is 0 Å². The molecule has 2 aromatic rings. The Bertz CT molecular complexity index is 847. The van der Waals surface area contributed by atoms with E-state index in [2.05, 4.69) is 10.6 Å². The van der Waals surface area contributed by atoms with E-state index in [0.717, 1.165) is 11.1 Å². The summed E-state index contributed by atoms with van der Waals surface area (Å²) in [7, 11) is 1.29. The number of hydrogen-bond acceptors (Lipinski definition) is 4. The highest BCUT2D eigenvalue weighted by Crippen LogP contribution is 2.10. The van der Waals surface area contributed by atoms with Gasteiger partial charge in [0.15, 0.2) is 0 Å². The van der Waals surface area contributed by atoms with Crippen molar-refractivity contribution in [2.24, 2.45) is 5.92 Å². The van der Waals surface area contributed by atoms with Crippen LogP contribution in [0.1, 0.15) is 41.8 Å². The molecule has 0 fully saturated rings. The number of esters is 1. The molecule has 2 N–H and O–H groups in total. The van der Waals surface area contributed by atoms with E-state index in [4.69, 9.17) is 4.74 Å². The molecule has 0 aliphatic heterocycles. The Hall–Kier alpha value is -3.15. The first-order valence-corrected chi connectivity index (χ1v) is 10.1. The van der Waals surface area contributed by atoms with Gasteiger partial charge in [-0.2, -0.15) is 0 Å². The molecule has 0 unspecified atom stereocenters. The van der Waals surface area contributed by atoms with Gasteiger partial charge in [-0.15, -0.1) is 0 Å². The van der Waals surface area contributed by atoms with Crippen molar-refractivity contribution in [2.45, 2.75) is 45.7 Å². The number of benzene rings is 2. The Morgan fingerprint density at radius 1 is 0.900 bits per heavy atom. The van der Waals surface area contributed by atoms with E-state index in [-0.39, 0.29) is 11.8 Å². The van der Waals surface area contributed by atoms with Crippen LogP contribution in [0.25, 0.3) is 0 Å². The Kier molecular flexibility index (Phi) is 8.59. The molecule has 0 aliphatic carbocycles. The molecule has 0 saturated heterocycles. The Morgan fingerprint density at radius 3 is 2.10 bits per heavy atom. The van der Waals surface area contributed by atoms with Gasteiger partial charge in [-0.25, -0.2) is 4.79 Å². The fourth-order valence-electron chi connectivity index (χ4n) is 3.11. The molecule has 0 heterocycles. The number of amides is 2. The highest BCUT2D eigenvalue weighted by Gasteiger charge is 2.28. The van der Waals surface area contributed by atoms with E-state index in [9.17, 15) is 14.4 Å². The molecule has 2 rings (SSSR count). The van der Waals surface area contributed by atoms with Crippen molar-refractivity contribution in [2.75, 3.05) is 7.11 Å². The summed E-state index contributed by atoms with van der Waals surface area (Å²) in [5, 5.41) is 5.57. The van der Waals surface area contributed by atoms with Crippen LogP contribution in [-0.2, 0) is 20.7 Å². The zero-order valence-electron chi connectivity index (χ0n) is 18.0. The molecule has 0 spiro atoms. The molecule has 0 aliphatic rings. The molecule has 30 heavy (non-hydrogen) atoms. The van der Waals surface area contributed by atoms with E-state index in [0.29, 0.717) is 18.4 Å². The monoisotopic (exact) mass is 410 g/mol. The minimum Gasteiger partial charge on any atom is -0.467 e. The van der Waals surface area contributed by atoms with Gasteiger partial charge < -0.3 is 15.4 Å². The lowest BCUT2D eigenvalue weighted by Crippen LogP contribution is -2.53. The third-order valence-electron chi connectivity index (χ3n) is 4.73. The van der Waals surface area contributed by atoms with E-state index < -0.39 is 24.0 Å². The normalized spacial score (nSPS) is 12.7. The first-order chi connectivity index (χ1) is 14.3. The van der Waals surface area contributed by atoms with Gasteiger partial charge in [0.2, 0.25) is 5.91 Å². The fraction of sp³-hybridized carbons (Fsp3) is 0.375. The van der Waals surface area contributed by atoms with E-state index in [1.165, 1.54) is 7.11 Å². The molecule has 0 radical (unpaired) electrons. The molecule has 0 bridgehead atoms. The standard InChI is InChI=1S/C24H30N2O4/c1-16(2)14-21(24(29)30-4)26-23(28)20(15-18-8-6-5-7-9-18)25-22(27)19-12-10-17(3)11-13-19/h5-13,16,20-21H,14-15H2,1-4H3,(H,25,27)(H,26,28)/t20-,21-/m0/s1. The van der Waals surface area contributed by atoms with Crippen molar-refractivity contribution in [3.05, 3.63) is 71.3 Å². The molecule has 0 saturated carbocycles. The third-order valence-corrected chi connectivity index (χ3v) is 4.73. The number of nitrogens with one attached hydrogen (secondary N) is 2. The van der Waals surface area contributed by atoms with Crippen LogP contribution in [0.2, 0.25) is 0 Å². The maximum Gasteiger partial charge on any atom is 0.328 e. The van der Waals surface area contributed by atoms with Crippen LogP contribution in [0.15, 0.2) is 54.6 Å². The SMILES string of the molecule is COC(=O)[C@H](CC(C)C)NC(=O)[C@H](Cc1ccccc1)NC(=O)c1ccc(C)cc1. The molecule has 2 atom stereocenters. The third kappa shape index (κ3) is 7.03. The molecule has 2 aromatic carbocycles. The van der Waals surface area contributed by atoms with Gasteiger partial charge in [0, 0.05) is 12.0 Å². The minimum atomic E-state index is -0.833. The van der Waals surface area contributed by atoms with Crippen LogP contribution in [0.4, 0.5) is 0 Å². The zero-order chi connectivity index (χ0) is 22.1. The quantitative estimate of drug-likeness (QED) is 0.623. The summed E-state index contributed by atoms with van der Waals surface area (Å²) >= 11 is 0. The maximum absolute atomic E-state index is 13.0. The van der Waals surface area contributed by atoms with Gasteiger partial charge in [0.25, 0.3) is 5.91 Å². The highest BCUT2D eigenvalue weighted by molar-refractivity contribution is 5.98. The second kappa shape index (κ2) is 11.1. The van der Waals surface area contributed by atoms with Crippen molar-refractivity contribution in [3.8, 4) is 0 Å². The predicted octanol–water partition coefficient (Wildman–Crippen LogP) is 3.04. The lowest BCUT2D eigenvalue weighted by atomic mass is 10.0. The van der Waals surface area contributed by atoms with Gasteiger partial charge in [-0.05, 0) is 37.0 Å². The second-order valence-corrected chi connectivity index (χ2v) is 7.80. The average molecular weight is 411 g/mol. The molecular formula is C24H30N2O4. The summed E-state index contributed by atoms with van der Waals surface area (Å²) in [5.74, 6) is -1.08. The Balaban J connectivity index is 2.20. The lowest BCUT2D eigenvalue weighted by Gasteiger charge is -2.23. The Labute approximate surface area is 178 Å². The minimum absolute atomic E-state index is 0.184. The van der Waals surface area contributed by atoms with E-state index >= 15 is 0 Å². The van der Waals surface area contributed by atoms with Crippen molar-refractivity contribution >= 4 is 17.8 Å². The van der Waals surface area contributed by atoms with E-state index in [1.54, 1.807) is 12.1 Å². The number of ether oxygens (including phenoxy) is 1. The molecule has 6 nitrogen and oxygen atoms in total. The maximum atomic E-state index is 13.0. The summed E-state index contributed by atoms with van der Waals surface area (Å²) in [5.41, 5.74) is 2.42. The second-order valence-electron chi connectivity index (χ2n) is 7.80. The van der Waals surface area contributed by atoms with Crippen LogP contribution in [0.5, 0.6) is 0 Å². The van der Waals surface area contributed by atoms with Gasteiger partial charge in [-0.1, -0.05) is 61.9 Å². The van der Waals surface area contributed by atoms with Crippen molar-refractivity contribution in [3.63, 3.8) is 0 Å². The summed E-state index contributed by atoms with van der Waals surface area (Å²) < 4.78 is 4.83. The number of rotatable bonds is 9. The van der Waals surface area contributed by atoms with Gasteiger partial charge in [-0.3, -0.25) is 9.59 Å². The number of aryl methyl sites for hydroxylation is 1. The van der Waals surface area contributed by atoms with Crippen molar-refractivity contribution < 1.29 is 19.1 Å².